The van der Waals surface area contributed by atoms with Crippen LogP contribution in [0.5, 0.6) is 0 Å². The summed E-state index contributed by atoms with van der Waals surface area (Å²) in [5, 5.41) is 220. The fourth-order valence-electron chi connectivity index (χ4n) is 11.4. The van der Waals surface area contributed by atoms with Crippen molar-refractivity contribution in [3.05, 3.63) is 0 Å². The monoisotopic (exact) mass is 1190 g/mol. The van der Waals surface area contributed by atoms with Crippen LogP contribution >= 0.6 is 0 Å². The molecule has 16 aliphatic heterocycles. The summed E-state index contributed by atoms with van der Waals surface area (Å²) >= 11 is 0. The Balaban J connectivity index is 1.07. The number of aliphatic hydroxyl groups excluding tert-OH is 19. The number of nitrogens with one attached hydrogen (secondary N) is 2. The molecular weight excluding hydrogens is 1110 g/mol. The van der Waals surface area contributed by atoms with Gasteiger partial charge in [-0.1, -0.05) is 0 Å². The lowest BCUT2D eigenvalue weighted by molar-refractivity contribution is -0.395. The minimum Gasteiger partial charge on any atom is -0.394 e. The molecule has 0 aliphatic carbocycles. The molecule has 16 fully saturated rings. The van der Waals surface area contributed by atoms with Gasteiger partial charge in [0.15, 0.2) is 44.0 Å². The van der Waals surface area contributed by atoms with Gasteiger partial charge in [0.05, 0.1) is 33.0 Å². The summed E-state index contributed by atoms with van der Waals surface area (Å²) in [6.07, 6.45) is -66.4. The van der Waals surface area contributed by atoms with E-state index in [2.05, 4.69) is 10.6 Å². The summed E-state index contributed by atoms with van der Waals surface area (Å²) in [6.45, 7) is -5.09. The molecule has 0 radical (unpaired) electrons. The Kier molecular flexibility index (Phi) is 22.0. The molecule has 0 spiro atoms. The van der Waals surface area contributed by atoms with Gasteiger partial charge in [0, 0.05) is 13.1 Å². The van der Waals surface area contributed by atoms with Crippen LogP contribution in [0.1, 0.15) is 12.8 Å². The van der Waals surface area contributed by atoms with Crippen molar-refractivity contribution in [1.29, 1.82) is 0 Å². The summed E-state index contributed by atoms with van der Waals surface area (Å²) in [7, 11) is 0. The first-order chi connectivity index (χ1) is 38.7. The number of rotatable bonds is 5. The number of hydrogen-bond donors (Lipinski definition) is 21. The topological polar surface area (TPSA) is 538 Å². The number of fused-ring (bicyclic) bond motifs is 2. The van der Waals surface area contributed by atoms with Crippen LogP contribution < -0.4 is 10.6 Å². The maximum Gasteiger partial charge on any atom is 0.187 e. The van der Waals surface area contributed by atoms with Crippen LogP contribution in [0.4, 0.5) is 0 Å². The van der Waals surface area contributed by atoms with Gasteiger partial charge in [0.1, 0.15) is 171 Å². The van der Waals surface area contributed by atoms with Gasteiger partial charge >= 0.3 is 0 Å². The summed E-state index contributed by atoms with van der Waals surface area (Å²) in [5.74, 6) is 0. The van der Waals surface area contributed by atoms with Crippen LogP contribution in [-0.2, 0) is 66.3 Å². The molecule has 16 saturated heterocycles. The second-order valence-corrected chi connectivity index (χ2v) is 21.4. The first-order valence-corrected chi connectivity index (χ1v) is 26.9. The lowest BCUT2D eigenvalue weighted by Gasteiger charge is -2.50. The van der Waals surface area contributed by atoms with Gasteiger partial charge in [0.25, 0.3) is 0 Å². The van der Waals surface area contributed by atoms with Crippen LogP contribution in [0.15, 0.2) is 0 Å². The van der Waals surface area contributed by atoms with Crippen molar-refractivity contribution >= 4 is 0 Å². The Morgan fingerprint density at radius 2 is 0.420 bits per heavy atom. The van der Waals surface area contributed by atoms with E-state index in [1.165, 1.54) is 0 Å². The van der Waals surface area contributed by atoms with Gasteiger partial charge in [-0.15, -0.1) is 0 Å². The minimum absolute atomic E-state index is 0.191. The number of ether oxygens (including phenoxy) is 14. The molecule has 0 aromatic heterocycles. The molecule has 21 unspecified atom stereocenters. The highest BCUT2D eigenvalue weighted by Gasteiger charge is 2.59. The molecule has 35 nitrogen and oxygen atoms in total. The lowest BCUT2D eigenvalue weighted by Crippen LogP contribution is -2.68. The van der Waals surface area contributed by atoms with E-state index in [4.69, 9.17) is 66.3 Å². The average molecular weight is 1190 g/mol. The fourth-order valence-corrected chi connectivity index (χ4v) is 11.4. The minimum atomic E-state index is -2.17. The lowest BCUT2D eigenvalue weighted by atomic mass is 9.95. The highest BCUT2D eigenvalue weighted by atomic mass is 16.8. The smallest absolute Gasteiger partial charge is 0.187 e. The molecule has 0 saturated carbocycles. The third kappa shape index (κ3) is 13.1. The van der Waals surface area contributed by atoms with Crippen LogP contribution in [0, 0.1) is 0 Å². The highest BCUT2D eigenvalue weighted by molar-refractivity contribution is 5.02. The Hall–Kier alpha value is -1.40. The van der Waals surface area contributed by atoms with Crippen LogP contribution in [0.2, 0.25) is 0 Å². The zero-order valence-electron chi connectivity index (χ0n) is 43.2. The van der Waals surface area contributed by atoms with Gasteiger partial charge in [-0.3, -0.25) is 0 Å². The third-order valence-electron chi connectivity index (χ3n) is 16.1. The molecule has 470 valence electrons. The molecule has 81 heavy (non-hydrogen) atoms. The normalized spacial score (nSPS) is 54.6. The predicted molar refractivity (Wildman–Crippen MR) is 249 cm³/mol. The van der Waals surface area contributed by atoms with Crippen molar-refractivity contribution in [3.63, 3.8) is 0 Å². The quantitative estimate of drug-likeness (QED) is 0.122. The molecule has 16 rings (SSSR count). The summed E-state index contributed by atoms with van der Waals surface area (Å²) in [4.78, 5) is 0. The molecule has 0 amide bonds. The summed E-state index contributed by atoms with van der Waals surface area (Å²) in [6, 6.07) is 0. The predicted octanol–water partition coefficient (Wildman–Crippen LogP) is -14.2. The molecule has 0 aromatic rings. The van der Waals surface area contributed by atoms with Crippen LogP contribution in [0.3, 0.4) is 0 Å². The molecule has 16 aliphatic rings. The third-order valence-corrected chi connectivity index (χ3v) is 16.1. The highest BCUT2D eigenvalue weighted by Crippen LogP contribution is 2.39. The SMILES string of the molecule is OCC1O[C@@H]2O[C@@H]3C(CO)O[C@H](O[C@@H]4C5CNCCCCNCC6O[C@H](O[C@@H]7C(CO)O[C@H](O[C@H]1C(O)C2O)C(O)C7O)C(O)C(O)[C@@H]6O[C@H]1OC(CO)[C@@H](O[C@H]2OC(CO)[C@@H](O[C@@H](O5)C(O)C4O)C(O)C2O)C(O)C1O)C(O)C3O. The maximum atomic E-state index is 11.8. The van der Waals surface area contributed by atoms with E-state index in [9.17, 15) is 97.0 Å². The summed E-state index contributed by atoms with van der Waals surface area (Å²) < 4.78 is 82.6. The van der Waals surface area contributed by atoms with E-state index >= 15 is 0 Å². The van der Waals surface area contributed by atoms with Gasteiger partial charge in [-0.2, -0.15) is 0 Å². The molecule has 21 N–H and O–H groups in total. The van der Waals surface area contributed by atoms with E-state index in [1.807, 2.05) is 0 Å². The first kappa shape index (κ1) is 64.1. The van der Waals surface area contributed by atoms with Crippen molar-refractivity contribution in [1.82, 2.24) is 10.6 Å². The van der Waals surface area contributed by atoms with Crippen molar-refractivity contribution < 1.29 is 163 Å². The van der Waals surface area contributed by atoms with Gasteiger partial charge in [-0.05, 0) is 25.9 Å². The van der Waals surface area contributed by atoms with Gasteiger partial charge in [-0.25, -0.2) is 0 Å². The van der Waals surface area contributed by atoms with Crippen molar-refractivity contribution in [2.75, 3.05) is 59.2 Å². The Morgan fingerprint density at radius 3 is 0.630 bits per heavy atom. The van der Waals surface area contributed by atoms with Crippen LogP contribution in [0.25, 0.3) is 0 Å². The molecule has 16 heterocycles. The van der Waals surface area contributed by atoms with Gasteiger partial charge in [0.2, 0.25) is 0 Å². The molecule has 35 heteroatoms. The van der Waals surface area contributed by atoms with E-state index in [0.29, 0.717) is 12.8 Å². The second kappa shape index (κ2) is 27.7. The summed E-state index contributed by atoms with van der Waals surface area (Å²) in [5.41, 5.74) is 0. The second-order valence-electron chi connectivity index (χ2n) is 21.4. The van der Waals surface area contributed by atoms with Crippen LogP contribution in [-0.4, -0.2) is 371 Å². The van der Waals surface area contributed by atoms with E-state index in [-0.39, 0.29) is 26.2 Å². The molecule has 0 aromatic carbocycles. The Morgan fingerprint density at radius 1 is 0.235 bits per heavy atom. The van der Waals surface area contributed by atoms with E-state index in [1.54, 1.807) is 0 Å². The molecule has 14 bridgehead atoms. The largest absolute Gasteiger partial charge is 0.394 e. The van der Waals surface area contributed by atoms with E-state index in [0.717, 1.165) is 0 Å². The zero-order chi connectivity index (χ0) is 58.3. The zero-order valence-corrected chi connectivity index (χ0v) is 43.2. The molecule has 35 atom stereocenters. The Bertz CT molecular complexity index is 1940. The molecular formula is C46H78N2O33. The number of aliphatic hydroxyl groups is 19. The van der Waals surface area contributed by atoms with Crippen molar-refractivity contribution in [2.24, 2.45) is 0 Å². The fraction of sp³-hybridized carbons (Fsp3) is 1.00. The first-order valence-electron chi connectivity index (χ1n) is 26.9. The standard InChI is InChI=1S/C46H78N2O33/c49-7-14-35-23(58)30(65)44(72-14)79-37-16(9-51)70-42(28(63)21(37)56)75-33-12-5-47-3-1-2-4-48-6-13-34(19(54)26(61)40(68-13)77-35)76-43-29(64)22(57)38(17(10-52)71-43)80-46-32(67)25(60)39(18(11-53)74-46)81-45-31(66)24(59)36(15(8-50)73-45)78-41(69-12)27(62)20(33)55/h12-67H,1-11H2/t12?,13?,14?,15?,16?,17?,18?,19?,20?,21?,22?,23?,24?,25?,26?,27?,28?,29?,30?,31?,32?,33-,34-,35-,36-,37-,38-,39-,40-,41-,42-,43-,44-,45-,46-/m1/s1. The average Bonchev–Trinajstić information content (AvgIpc) is 3.54. The van der Waals surface area contributed by atoms with Crippen molar-refractivity contribution in [2.45, 2.75) is 228 Å². The Labute approximate surface area is 460 Å². The van der Waals surface area contributed by atoms with E-state index < -0.39 is 248 Å². The van der Waals surface area contributed by atoms with Gasteiger partial charge < -0.3 is 174 Å². The van der Waals surface area contributed by atoms with Crippen molar-refractivity contribution in [3.8, 4) is 0 Å². The number of hydrogen-bond acceptors (Lipinski definition) is 35. The maximum absolute atomic E-state index is 11.8.